The van der Waals surface area contributed by atoms with Crippen LogP contribution in [0.4, 0.5) is 5.69 Å². The highest BCUT2D eigenvalue weighted by atomic mass is 15.1. The standard InChI is InChI=1S/C16H14N4/c17-10-14(11-18)16(12-19)13-4-6-15(7-5-13)20-8-2-1-3-9-20/h4-7H,1-3,8-9H2. The Balaban J connectivity index is 2.29. The van der Waals surface area contributed by atoms with Crippen molar-refractivity contribution in [3.63, 3.8) is 0 Å². The molecule has 0 N–H and O–H groups in total. The molecule has 0 bridgehead atoms. The molecule has 0 amide bonds. The number of piperidine rings is 1. The molecule has 0 saturated carbocycles. The van der Waals surface area contributed by atoms with Crippen LogP contribution in [0.15, 0.2) is 29.8 Å². The van der Waals surface area contributed by atoms with Crippen LogP contribution in [-0.4, -0.2) is 13.1 Å². The highest BCUT2D eigenvalue weighted by molar-refractivity contribution is 5.84. The molecule has 1 saturated heterocycles. The topological polar surface area (TPSA) is 74.6 Å². The molecular formula is C16H14N4. The van der Waals surface area contributed by atoms with E-state index in [1.54, 1.807) is 24.3 Å². The molecule has 20 heavy (non-hydrogen) atoms. The zero-order chi connectivity index (χ0) is 14.4. The third kappa shape index (κ3) is 2.79. The van der Waals surface area contributed by atoms with Gasteiger partial charge >= 0.3 is 0 Å². The van der Waals surface area contributed by atoms with Crippen LogP contribution < -0.4 is 4.90 Å². The molecule has 2 rings (SSSR count). The van der Waals surface area contributed by atoms with Gasteiger partial charge in [-0.2, -0.15) is 15.8 Å². The maximum absolute atomic E-state index is 9.11. The zero-order valence-electron chi connectivity index (χ0n) is 11.1. The largest absolute Gasteiger partial charge is 0.372 e. The fourth-order valence-electron chi connectivity index (χ4n) is 2.39. The average molecular weight is 262 g/mol. The summed E-state index contributed by atoms with van der Waals surface area (Å²) in [6, 6.07) is 13.0. The van der Waals surface area contributed by atoms with Gasteiger partial charge in [0.05, 0.1) is 5.57 Å². The lowest BCUT2D eigenvalue weighted by atomic mass is 10.0. The minimum atomic E-state index is -0.141. The Morgan fingerprint density at radius 1 is 0.850 bits per heavy atom. The Hall–Kier alpha value is -2.77. The molecule has 1 aromatic rings. The van der Waals surface area contributed by atoms with E-state index in [4.69, 9.17) is 15.8 Å². The second-order valence-electron chi connectivity index (χ2n) is 4.68. The van der Waals surface area contributed by atoms with Gasteiger partial charge in [-0.15, -0.1) is 0 Å². The molecule has 1 heterocycles. The normalized spacial score (nSPS) is 13.8. The van der Waals surface area contributed by atoms with Crippen molar-refractivity contribution >= 4 is 11.3 Å². The maximum Gasteiger partial charge on any atom is 0.148 e. The Labute approximate surface area is 118 Å². The highest BCUT2D eigenvalue weighted by Crippen LogP contribution is 2.24. The van der Waals surface area contributed by atoms with Crippen molar-refractivity contribution in [1.29, 1.82) is 15.8 Å². The summed E-state index contributed by atoms with van der Waals surface area (Å²) in [5.74, 6) is 0. The molecule has 1 aliphatic rings. The van der Waals surface area contributed by atoms with Crippen molar-refractivity contribution in [3.05, 3.63) is 35.4 Å². The molecule has 1 aromatic carbocycles. The number of nitriles is 3. The number of nitrogens with zero attached hydrogens (tertiary/aromatic N) is 4. The van der Waals surface area contributed by atoms with Gasteiger partial charge in [-0.3, -0.25) is 0 Å². The fourth-order valence-corrected chi connectivity index (χ4v) is 2.39. The second-order valence-corrected chi connectivity index (χ2v) is 4.68. The van der Waals surface area contributed by atoms with Gasteiger partial charge in [-0.05, 0) is 37.0 Å². The number of anilines is 1. The molecule has 0 aromatic heterocycles. The number of rotatable bonds is 2. The Morgan fingerprint density at radius 2 is 1.45 bits per heavy atom. The van der Waals surface area contributed by atoms with E-state index < -0.39 is 0 Å². The molecular weight excluding hydrogens is 248 g/mol. The molecule has 0 radical (unpaired) electrons. The van der Waals surface area contributed by atoms with Gasteiger partial charge in [0.2, 0.25) is 0 Å². The summed E-state index contributed by atoms with van der Waals surface area (Å²) in [6.45, 7) is 2.11. The van der Waals surface area contributed by atoms with Gasteiger partial charge in [-0.25, -0.2) is 0 Å². The maximum atomic E-state index is 9.11. The smallest absolute Gasteiger partial charge is 0.148 e. The minimum Gasteiger partial charge on any atom is -0.372 e. The van der Waals surface area contributed by atoms with Gasteiger partial charge in [-0.1, -0.05) is 12.1 Å². The summed E-state index contributed by atoms with van der Waals surface area (Å²) in [5.41, 5.74) is 1.74. The first-order valence-corrected chi connectivity index (χ1v) is 6.60. The molecule has 98 valence electrons. The Kier molecular flexibility index (Phi) is 4.38. The number of allylic oxidation sites excluding steroid dienone is 2. The highest BCUT2D eigenvalue weighted by Gasteiger charge is 2.12. The zero-order valence-corrected chi connectivity index (χ0v) is 11.1. The van der Waals surface area contributed by atoms with Crippen molar-refractivity contribution in [3.8, 4) is 18.2 Å². The van der Waals surface area contributed by atoms with Crippen molar-refractivity contribution in [2.45, 2.75) is 19.3 Å². The molecule has 4 nitrogen and oxygen atoms in total. The fraction of sp³-hybridized carbons (Fsp3) is 0.312. The van der Waals surface area contributed by atoms with E-state index in [0.717, 1.165) is 18.8 Å². The molecule has 0 aliphatic carbocycles. The van der Waals surface area contributed by atoms with Crippen LogP contribution >= 0.6 is 0 Å². The number of hydrogen-bond donors (Lipinski definition) is 0. The molecule has 1 fully saturated rings. The quantitative estimate of drug-likeness (QED) is 0.768. The molecule has 0 atom stereocenters. The Bertz CT molecular complexity index is 613. The van der Waals surface area contributed by atoms with Crippen LogP contribution in [0.25, 0.3) is 5.57 Å². The third-order valence-electron chi connectivity index (χ3n) is 3.46. The molecule has 0 spiro atoms. The number of hydrogen-bond acceptors (Lipinski definition) is 4. The third-order valence-corrected chi connectivity index (χ3v) is 3.46. The van der Waals surface area contributed by atoms with E-state index in [1.165, 1.54) is 19.3 Å². The SMILES string of the molecule is N#CC(C#N)=C(C#N)c1ccc(N2CCCCC2)cc1. The summed E-state index contributed by atoms with van der Waals surface area (Å²) in [7, 11) is 0. The minimum absolute atomic E-state index is 0.139. The van der Waals surface area contributed by atoms with E-state index in [1.807, 2.05) is 18.2 Å². The van der Waals surface area contributed by atoms with Crippen LogP contribution in [0.1, 0.15) is 24.8 Å². The van der Waals surface area contributed by atoms with Gasteiger partial charge in [0.1, 0.15) is 23.8 Å². The van der Waals surface area contributed by atoms with E-state index in [0.29, 0.717) is 5.56 Å². The van der Waals surface area contributed by atoms with E-state index in [2.05, 4.69) is 4.90 Å². The summed E-state index contributed by atoms with van der Waals surface area (Å²) < 4.78 is 0. The summed E-state index contributed by atoms with van der Waals surface area (Å²) in [4.78, 5) is 2.32. The van der Waals surface area contributed by atoms with Crippen LogP contribution in [0.2, 0.25) is 0 Å². The average Bonchev–Trinajstić information content (AvgIpc) is 2.53. The van der Waals surface area contributed by atoms with E-state index in [9.17, 15) is 0 Å². The van der Waals surface area contributed by atoms with Crippen LogP contribution in [0, 0.1) is 34.0 Å². The monoisotopic (exact) mass is 262 g/mol. The summed E-state index contributed by atoms with van der Waals surface area (Å²) in [5, 5.41) is 26.8. The molecule has 0 unspecified atom stereocenters. The lowest BCUT2D eigenvalue weighted by Gasteiger charge is -2.28. The van der Waals surface area contributed by atoms with Crippen molar-refractivity contribution in [1.82, 2.24) is 0 Å². The van der Waals surface area contributed by atoms with Crippen LogP contribution in [0.5, 0.6) is 0 Å². The summed E-state index contributed by atoms with van der Waals surface area (Å²) >= 11 is 0. The predicted octanol–water partition coefficient (Wildman–Crippen LogP) is 3.00. The van der Waals surface area contributed by atoms with Crippen LogP contribution in [0.3, 0.4) is 0 Å². The van der Waals surface area contributed by atoms with E-state index in [-0.39, 0.29) is 11.1 Å². The Morgan fingerprint density at radius 3 is 1.95 bits per heavy atom. The first kappa shape index (κ1) is 13.7. The van der Waals surface area contributed by atoms with E-state index >= 15 is 0 Å². The first-order valence-electron chi connectivity index (χ1n) is 6.60. The van der Waals surface area contributed by atoms with Gasteiger partial charge < -0.3 is 4.90 Å². The van der Waals surface area contributed by atoms with Gasteiger partial charge in [0, 0.05) is 18.8 Å². The summed E-state index contributed by atoms with van der Waals surface area (Å²) in [6.07, 6.45) is 3.69. The predicted molar refractivity (Wildman–Crippen MR) is 76.3 cm³/mol. The van der Waals surface area contributed by atoms with Crippen molar-refractivity contribution in [2.75, 3.05) is 18.0 Å². The second kappa shape index (κ2) is 6.41. The van der Waals surface area contributed by atoms with Crippen LogP contribution in [-0.2, 0) is 0 Å². The van der Waals surface area contributed by atoms with Crippen molar-refractivity contribution < 1.29 is 0 Å². The molecule has 4 heteroatoms. The molecule has 1 aliphatic heterocycles. The van der Waals surface area contributed by atoms with Gasteiger partial charge in [0.15, 0.2) is 0 Å². The first-order chi connectivity index (χ1) is 9.80. The lowest BCUT2D eigenvalue weighted by molar-refractivity contribution is 0.578. The van der Waals surface area contributed by atoms with Crippen molar-refractivity contribution in [2.24, 2.45) is 0 Å². The van der Waals surface area contributed by atoms with Gasteiger partial charge in [0.25, 0.3) is 0 Å². The number of benzene rings is 1. The lowest BCUT2D eigenvalue weighted by Crippen LogP contribution is -2.29.